The maximum Gasteiger partial charge on any atom is 0.227 e. The van der Waals surface area contributed by atoms with Gasteiger partial charge in [-0.3, -0.25) is 0 Å². The highest BCUT2D eigenvalue weighted by molar-refractivity contribution is 7.48. The van der Waals surface area contributed by atoms with Gasteiger partial charge in [0.25, 0.3) is 0 Å². The van der Waals surface area contributed by atoms with E-state index in [4.69, 9.17) is 9.51 Å². The van der Waals surface area contributed by atoms with Gasteiger partial charge in [-0.05, 0) is 37.4 Å². The van der Waals surface area contributed by atoms with Crippen molar-refractivity contribution in [2.75, 3.05) is 0 Å². The number of rotatable bonds is 5. The Balaban J connectivity index is 1.70. The summed E-state index contributed by atoms with van der Waals surface area (Å²) in [6, 6.07) is 10.6. The highest BCUT2D eigenvalue weighted by atomic mass is 31.1. The number of hydrogen-bond donors (Lipinski definition) is 0. The SMILES string of the molecule is CC1(Cc2nc(C(C)(C)Pc3ccccc3)no2)CCCCCC1. The Bertz CT molecular complexity index is 643. The maximum absolute atomic E-state index is 5.64. The lowest BCUT2D eigenvalue weighted by atomic mass is 9.79. The van der Waals surface area contributed by atoms with Gasteiger partial charge in [-0.15, -0.1) is 0 Å². The van der Waals surface area contributed by atoms with E-state index in [0.29, 0.717) is 14.0 Å². The standard InChI is InChI=1S/C20H29N2OP/c1-19(2,24-16-11-7-6-8-12-16)18-21-17(23-22-18)15-20(3)13-9-4-5-10-14-20/h6-8,11-12,24H,4-5,9-10,13-15H2,1-3H3. The molecule has 0 aliphatic heterocycles. The second-order valence-corrected chi connectivity index (χ2v) is 10.1. The fourth-order valence-electron chi connectivity index (χ4n) is 3.64. The molecule has 24 heavy (non-hydrogen) atoms. The topological polar surface area (TPSA) is 38.9 Å². The van der Waals surface area contributed by atoms with Crippen molar-refractivity contribution in [3.8, 4) is 0 Å². The maximum atomic E-state index is 5.64. The summed E-state index contributed by atoms with van der Waals surface area (Å²) in [4.78, 5) is 4.78. The van der Waals surface area contributed by atoms with Crippen molar-refractivity contribution in [1.82, 2.24) is 10.1 Å². The zero-order chi connectivity index (χ0) is 17.0. The van der Waals surface area contributed by atoms with Crippen molar-refractivity contribution >= 4 is 13.9 Å². The first-order valence-electron chi connectivity index (χ1n) is 9.13. The van der Waals surface area contributed by atoms with Crippen LogP contribution in [0.1, 0.15) is 71.0 Å². The highest BCUT2D eigenvalue weighted by Crippen LogP contribution is 2.40. The van der Waals surface area contributed by atoms with Crippen LogP contribution in [0.3, 0.4) is 0 Å². The van der Waals surface area contributed by atoms with E-state index in [1.165, 1.54) is 43.8 Å². The number of aromatic nitrogens is 2. The molecular formula is C20H29N2OP. The van der Waals surface area contributed by atoms with Gasteiger partial charge in [0.15, 0.2) is 5.82 Å². The van der Waals surface area contributed by atoms with Gasteiger partial charge in [-0.2, -0.15) is 4.98 Å². The van der Waals surface area contributed by atoms with E-state index in [9.17, 15) is 0 Å². The summed E-state index contributed by atoms with van der Waals surface area (Å²) in [5, 5.41) is 5.57. The molecule has 1 aromatic heterocycles. The largest absolute Gasteiger partial charge is 0.339 e. The molecule has 3 rings (SSSR count). The van der Waals surface area contributed by atoms with Gasteiger partial charge in [0, 0.05) is 11.6 Å². The number of hydrogen-bond acceptors (Lipinski definition) is 3. The van der Waals surface area contributed by atoms with Crippen LogP contribution >= 0.6 is 8.58 Å². The molecule has 3 nitrogen and oxygen atoms in total. The lowest BCUT2D eigenvalue weighted by Crippen LogP contribution is -2.19. The average Bonchev–Trinajstić information content (AvgIpc) is 2.90. The minimum Gasteiger partial charge on any atom is -0.339 e. The predicted octanol–water partition coefficient (Wildman–Crippen LogP) is 5.21. The van der Waals surface area contributed by atoms with E-state index in [1.807, 2.05) is 0 Å². The molecule has 1 aromatic carbocycles. The van der Waals surface area contributed by atoms with Crippen molar-refractivity contribution in [3.63, 3.8) is 0 Å². The second kappa shape index (κ2) is 7.35. The molecule has 4 heteroatoms. The van der Waals surface area contributed by atoms with Crippen LogP contribution in [-0.4, -0.2) is 10.1 Å². The molecule has 0 bridgehead atoms. The zero-order valence-corrected chi connectivity index (χ0v) is 16.1. The van der Waals surface area contributed by atoms with Gasteiger partial charge in [0.05, 0.1) is 0 Å². The van der Waals surface area contributed by atoms with Crippen LogP contribution in [0, 0.1) is 5.41 Å². The first-order chi connectivity index (χ1) is 11.5. The summed E-state index contributed by atoms with van der Waals surface area (Å²) >= 11 is 0. The Labute approximate surface area is 147 Å². The molecule has 0 N–H and O–H groups in total. The minimum absolute atomic E-state index is 0.0898. The third-order valence-electron chi connectivity index (χ3n) is 5.15. The van der Waals surface area contributed by atoms with Crippen molar-refractivity contribution in [1.29, 1.82) is 0 Å². The molecule has 0 amide bonds. The van der Waals surface area contributed by atoms with Crippen LogP contribution in [-0.2, 0) is 11.6 Å². The van der Waals surface area contributed by atoms with Crippen molar-refractivity contribution in [2.24, 2.45) is 5.41 Å². The smallest absolute Gasteiger partial charge is 0.227 e. The molecule has 0 radical (unpaired) electrons. The third-order valence-corrected chi connectivity index (χ3v) is 6.62. The molecule has 1 atom stereocenters. The third kappa shape index (κ3) is 4.45. The van der Waals surface area contributed by atoms with Gasteiger partial charge >= 0.3 is 0 Å². The van der Waals surface area contributed by atoms with Crippen LogP contribution in [0.25, 0.3) is 0 Å². The summed E-state index contributed by atoms with van der Waals surface area (Å²) in [5.74, 6) is 1.66. The molecule has 1 saturated carbocycles. The van der Waals surface area contributed by atoms with Gasteiger partial charge in [-0.1, -0.05) is 76.7 Å². The van der Waals surface area contributed by atoms with Crippen molar-refractivity contribution < 1.29 is 4.52 Å². The molecule has 0 saturated heterocycles. The number of benzene rings is 1. The average molecular weight is 344 g/mol. The number of nitrogens with zero attached hydrogens (tertiary/aromatic N) is 2. The summed E-state index contributed by atoms with van der Waals surface area (Å²) < 4.78 is 5.64. The Morgan fingerprint density at radius 2 is 1.75 bits per heavy atom. The molecule has 2 aromatic rings. The molecule has 1 unspecified atom stereocenters. The first kappa shape index (κ1) is 17.6. The summed E-state index contributed by atoms with van der Waals surface area (Å²) in [7, 11) is 0.636. The van der Waals surface area contributed by atoms with E-state index in [2.05, 4.69) is 56.3 Å². The van der Waals surface area contributed by atoms with Gasteiger partial charge in [0.1, 0.15) is 0 Å². The van der Waals surface area contributed by atoms with Crippen molar-refractivity contribution in [2.45, 2.75) is 70.9 Å². The van der Waals surface area contributed by atoms with Crippen LogP contribution in [0.15, 0.2) is 34.9 Å². The molecule has 1 fully saturated rings. The highest BCUT2D eigenvalue weighted by Gasteiger charge is 2.31. The Morgan fingerprint density at radius 1 is 1.08 bits per heavy atom. The molecule has 0 spiro atoms. The second-order valence-electron chi connectivity index (χ2n) is 8.03. The van der Waals surface area contributed by atoms with E-state index < -0.39 is 0 Å². The fraction of sp³-hybridized carbons (Fsp3) is 0.600. The quantitative estimate of drug-likeness (QED) is 0.552. The monoisotopic (exact) mass is 344 g/mol. The van der Waals surface area contributed by atoms with Crippen LogP contribution in [0.2, 0.25) is 0 Å². The van der Waals surface area contributed by atoms with Crippen LogP contribution in [0.5, 0.6) is 0 Å². The van der Waals surface area contributed by atoms with E-state index in [-0.39, 0.29) is 5.16 Å². The fourth-order valence-corrected chi connectivity index (χ4v) is 4.94. The van der Waals surface area contributed by atoms with Crippen LogP contribution < -0.4 is 5.30 Å². The van der Waals surface area contributed by atoms with E-state index in [1.54, 1.807) is 0 Å². The van der Waals surface area contributed by atoms with Gasteiger partial charge in [-0.25, -0.2) is 0 Å². The van der Waals surface area contributed by atoms with Crippen LogP contribution in [0.4, 0.5) is 0 Å². The molecule has 1 heterocycles. The Hall–Kier alpha value is -1.21. The molecule has 130 valence electrons. The Kier molecular flexibility index (Phi) is 5.39. The summed E-state index contributed by atoms with van der Waals surface area (Å²) in [5.41, 5.74) is 0.326. The minimum atomic E-state index is -0.0898. The normalized spacial score (nSPS) is 18.8. The van der Waals surface area contributed by atoms with Gasteiger partial charge < -0.3 is 4.52 Å². The molecular weight excluding hydrogens is 315 g/mol. The van der Waals surface area contributed by atoms with Crippen molar-refractivity contribution in [3.05, 3.63) is 42.0 Å². The lowest BCUT2D eigenvalue weighted by Gasteiger charge is -2.26. The van der Waals surface area contributed by atoms with Gasteiger partial charge in [0.2, 0.25) is 5.89 Å². The van der Waals surface area contributed by atoms with E-state index in [0.717, 1.165) is 18.1 Å². The lowest BCUT2D eigenvalue weighted by molar-refractivity contribution is 0.238. The first-order valence-corrected chi connectivity index (χ1v) is 10.1. The zero-order valence-electron chi connectivity index (χ0n) is 15.1. The predicted molar refractivity (Wildman–Crippen MR) is 101 cm³/mol. The van der Waals surface area contributed by atoms with E-state index >= 15 is 0 Å². The Morgan fingerprint density at radius 3 is 2.42 bits per heavy atom. The molecule has 1 aliphatic carbocycles. The summed E-state index contributed by atoms with van der Waals surface area (Å²) in [6.45, 7) is 6.81. The summed E-state index contributed by atoms with van der Waals surface area (Å²) in [6.07, 6.45) is 8.88. The molecule has 1 aliphatic rings.